The second-order valence-electron chi connectivity index (χ2n) is 6.06. The number of hydrogen-bond acceptors (Lipinski definition) is 5. The van der Waals surface area contributed by atoms with E-state index in [1.165, 1.54) is 13.2 Å². The molecule has 144 valence electrons. The maximum Gasteiger partial charge on any atom is 0.329 e. The average Bonchev–Trinajstić information content (AvgIpc) is 3.22. The molecule has 0 atom stereocenters. The number of nitrogens with zero attached hydrogens (tertiary/aromatic N) is 1. The number of carbonyl (C=O) groups is 2. The van der Waals surface area contributed by atoms with Crippen molar-refractivity contribution in [2.75, 3.05) is 13.9 Å². The van der Waals surface area contributed by atoms with Crippen molar-refractivity contribution >= 4 is 41.2 Å². The van der Waals surface area contributed by atoms with Gasteiger partial charge in [-0.3, -0.25) is 9.69 Å². The average molecular weight is 421 g/mol. The number of urea groups is 1. The van der Waals surface area contributed by atoms with Gasteiger partial charge in [0, 0.05) is 21.7 Å². The van der Waals surface area contributed by atoms with E-state index in [0.717, 1.165) is 4.90 Å². The van der Waals surface area contributed by atoms with Gasteiger partial charge >= 0.3 is 6.03 Å². The van der Waals surface area contributed by atoms with Crippen LogP contribution in [0.4, 0.5) is 4.79 Å². The van der Waals surface area contributed by atoms with E-state index < -0.39 is 11.9 Å². The van der Waals surface area contributed by atoms with Crippen LogP contribution in [-0.2, 0) is 11.3 Å². The van der Waals surface area contributed by atoms with E-state index in [9.17, 15) is 9.59 Å². The Kier molecular flexibility index (Phi) is 4.78. The molecule has 0 aromatic heterocycles. The molecule has 2 heterocycles. The molecule has 2 aliphatic heterocycles. The van der Waals surface area contributed by atoms with Gasteiger partial charge < -0.3 is 19.5 Å². The lowest BCUT2D eigenvalue weighted by Gasteiger charge is -2.13. The maximum atomic E-state index is 12.7. The number of amides is 3. The van der Waals surface area contributed by atoms with Gasteiger partial charge in [0.15, 0.2) is 11.5 Å². The van der Waals surface area contributed by atoms with Gasteiger partial charge in [0.25, 0.3) is 5.91 Å². The second-order valence-corrected chi connectivity index (χ2v) is 6.91. The number of methoxy groups -OCH3 is 1. The topological polar surface area (TPSA) is 77.1 Å². The molecule has 0 radical (unpaired) electrons. The van der Waals surface area contributed by atoms with Crippen molar-refractivity contribution in [2.24, 2.45) is 0 Å². The summed E-state index contributed by atoms with van der Waals surface area (Å²) in [5, 5.41) is 3.43. The summed E-state index contributed by atoms with van der Waals surface area (Å²) in [7, 11) is 1.50. The van der Waals surface area contributed by atoms with E-state index in [2.05, 4.69) is 5.32 Å². The first-order valence-corrected chi connectivity index (χ1v) is 8.98. The van der Waals surface area contributed by atoms with Gasteiger partial charge in [0.05, 0.1) is 13.7 Å². The molecule has 0 spiro atoms. The smallest absolute Gasteiger partial charge is 0.329 e. The number of ether oxygens (including phenoxy) is 3. The maximum absolute atomic E-state index is 12.7. The third-order valence-electron chi connectivity index (χ3n) is 4.33. The highest BCUT2D eigenvalue weighted by atomic mass is 35.5. The number of imide groups is 1. The van der Waals surface area contributed by atoms with Crippen molar-refractivity contribution in [3.63, 3.8) is 0 Å². The minimum atomic E-state index is -0.540. The molecule has 2 aliphatic rings. The first-order chi connectivity index (χ1) is 13.5. The van der Waals surface area contributed by atoms with Crippen LogP contribution in [0.5, 0.6) is 17.2 Å². The third kappa shape index (κ3) is 3.34. The molecule has 4 rings (SSSR count). The van der Waals surface area contributed by atoms with E-state index in [1.807, 2.05) is 0 Å². The van der Waals surface area contributed by atoms with E-state index in [4.69, 9.17) is 37.4 Å². The summed E-state index contributed by atoms with van der Waals surface area (Å²) in [6.45, 7) is 0.139. The third-order valence-corrected chi connectivity index (χ3v) is 4.92. The molecule has 9 heteroatoms. The van der Waals surface area contributed by atoms with Crippen LogP contribution in [0.2, 0.25) is 10.0 Å². The van der Waals surface area contributed by atoms with Crippen LogP contribution in [0.15, 0.2) is 36.0 Å². The van der Waals surface area contributed by atoms with Crippen LogP contribution < -0.4 is 19.5 Å². The van der Waals surface area contributed by atoms with Gasteiger partial charge in [-0.1, -0.05) is 29.3 Å². The number of fused-ring (bicyclic) bond motifs is 1. The predicted molar refractivity (Wildman–Crippen MR) is 103 cm³/mol. The van der Waals surface area contributed by atoms with Gasteiger partial charge in [0.1, 0.15) is 11.4 Å². The van der Waals surface area contributed by atoms with Gasteiger partial charge in [-0.15, -0.1) is 0 Å². The molecular formula is C19H14Cl2N2O5. The zero-order chi connectivity index (χ0) is 19.8. The van der Waals surface area contributed by atoms with Crippen LogP contribution in [-0.4, -0.2) is 30.7 Å². The number of halogens is 2. The van der Waals surface area contributed by atoms with E-state index >= 15 is 0 Å². The Hall–Kier alpha value is -2.90. The van der Waals surface area contributed by atoms with Crippen molar-refractivity contribution in [1.82, 2.24) is 10.2 Å². The van der Waals surface area contributed by atoms with E-state index in [0.29, 0.717) is 38.4 Å². The zero-order valence-corrected chi connectivity index (χ0v) is 16.1. The summed E-state index contributed by atoms with van der Waals surface area (Å²) in [6, 6.07) is 7.70. The Morgan fingerprint density at radius 3 is 2.64 bits per heavy atom. The Bertz CT molecular complexity index is 1020. The summed E-state index contributed by atoms with van der Waals surface area (Å²) in [5.41, 5.74) is 1.30. The predicted octanol–water partition coefficient (Wildman–Crippen LogP) is 3.82. The van der Waals surface area contributed by atoms with Crippen molar-refractivity contribution in [3.05, 3.63) is 57.2 Å². The SMILES string of the molecule is COc1cc2c(cc1/C=C1/NC(=O)N(Cc3ccc(Cl)cc3Cl)C1=O)OCO2. The monoisotopic (exact) mass is 420 g/mol. The van der Waals surface area contributed by atoms with Crippen LogP contribution in [0.3, 0.4) is 0 Å². The van der Waals surface area contributed by atoms with Crippen LogP contribution >= 0.6 is 23.2 Å². The fourth-order valence-electron chi connectivity index (χ4n) is 2.92. The highest BCUT2D eigenvalue weighted by Crippen LogP contribution is 2.39. The molecule has 1 N–H and O–H groups in total. The van der Waals surface area contributed by atoms with Crippen molar-refractivity contribution in [1.29, 1.82) is 0 Å². The van der Waals surface area contributed by atoms with Gasteiger partial charge in [-0.25, -0.2) is 4.79 Å². The largest absolute Gasteiger partial charge is 0.496 e. The number of rotatable bonds is 4. The summed E-state index contributed by atoms with van der Waals surface area (Å²) >= 11 is 12.0. The molecule has 28 heavy (non-hydrogen) atoms. The highest BCUT2D eigenvalue weighted by Gasteiger charge is 2.34. The fourth-order valence-corrected chi connectivity index (χ4v) is 3.39. The van der Waals surface area contributed by atoms with Gasteiger partial charge in [0.2, 0.25) is 6.79 Å². The summed E-state index contributed by atoms with van der Waals surface area (Å²) in [5.74, 6) is 1.10. The Morgan fingerprint density at radius 1 is 1.18 bits per heavy atom. The molecule has 2 aromatic carbocycles. The first kappa shape index (κ1) is 18.5. The Balaban J connectivity index is 1.62. The molecule has 1 saturated heterocycles. The van der Waals surface area contributed by atoms with Gasteiger partial charge in [-0.2, -0.15) is 0 Å². The van der Waals surface area contributed by atoms with Crippen molar-refractivity contribution < 1.29 is 23.8 Å². The minimum absolute atomic E-state index is 0.0241. The lowest BCUT2D eigenvalue weighted by atomic mass is 10.1. The highest BCUT2D eigenvalue weighted by molar-refractivity contribution is 6.35. The lowest BCUT2D eigenvalue weighted by Crippen LogP contribution is -2.30. The van der Waals surface area contributed by atoms with Crippen molar-refractivity contribution in [2.45, 2.75) is 6.54 Å². The molecule has 7 nitrogen and oxygen atoms in total. The lowest BCUT2D eigenvalue weighted by molar-refractivity contribution is -0.123. The number of benzene rings is 2. The van der Waals surface area contributed by atoms with Crippen molar-refractivity contribution in [3.8, 4) is 17.2 Å². The molecule has 2 aromatic rings. The summed E-state index contributed by atoms with van der Waals surface area (Å²) in [4.78, 5) is 26.1. The molecule has 1 fully saturated rings. The first-order valence-electron chi connectivity index (χ1n) is 8.22. The fraction of sp³-hybridized carbons (Fsp3) is 0.158. The zero-order valence-electron chi connectivity index (χ0n) is 14.6. The Morgan fingerprint density at radius 2 is 1.93 bits per heavy atom. The number of nitrogens with one attached hydrogen (secondary N) is 1. The molecule has 0 bridgehead atoms. The standard InChI is InChI=1S/C19H14Cl2N2O5/c1-26-15-7-17-16(27-9-28-17)5-11(15)4-14-18(24)23(19(25)22-14)8-10-2-3-12(20)6-13(10)21/h2-7H,8-9H2,1H3,(H,22,25)/b14-4+. The number of hydrogen-bond donors (Lipinski definition) is 1. The second kappa shape index (κ2) is 7.26. The quantitative estimate of drug-likeness (QED) is 0.600. The van der Waals surface area contributed by atoms with Crippen LogP contribution in [0.1, 0.15) is 11.1 Å². The van der Waals surface area contributed by atoms with Crippen LogP contribution in [0.25, 0.3) is 6.08 Å². The Labute approximate surface area is 170 Å². The summed E-state index contributed by atoms with van der Waals surface area (Å²) < 4.78 is 16.0. The van der Waals surface area contributed by atoms with E-state index in [-0.39, 0.29) is 19.0 Å². The molecule has 3 amide bonds. The van der Waals surface area contributed by atoms with Gasteiger partial charge in [-0.05, 0) is 29.8 Å². The molecule has 0 saturated carbocycles. The summed E-state index contributed by atoms with van der Waals surface area (Å²) in [6.07, 6.45) is 1.53. The normalized spacial score (nSPS) is 16.7. The van der Waals surface area contributed by atoms with Crippen LogP contribution in [0, 0.1) is 0 Å². The molecule has 0 aliphatic carbocycles. The van der Waals surface area contributed by atoms with E-state index in [1.54, 1.807) is 30.3 Å². The minimum Gasteiger partial charge on any atom is -0.496 e. The molecule has 0 unspecified atom stereocenters. The number of carbonyl (C=O) groups excluding carboxylic acids is 2. The molecular weight excluding hydrogens is 407 g/mol.